The first kappa shape index (κ1) is 21.3. The first-order chi connectivity index (χ1) is 14.4. The zero-order chi connectivity index (χ0) is 21.7. The van der Waals surface area contributed by atoms with E-state index in [1.54, 1.807) is 37.3 Å². The Kier molecular flexibility index (Phi) is 6.68. The summed E-state index contributed by atoms with van der Waals surface area (Å²) >= 11 is 3.30. The third kappa shape index (κ3) is 4.95. The van der Waals surface area contributed by atoms with Gasteiger partial charge >= 0.3 is 17.2 Å². The fourth-order valence-corrected chi connectivity index (χ4v) is 2.86. The SMILES string of the molecule is CCOC(=O)c1c(=O)n(/N=C\c2cccc(F)c2)[nH][n+]1CC(=O)c1ccc(Br)cc1. The molecule has 0 aliphatic heterocycles. The highest BCUT2D eigenvalue weighted by Gasteiger charge is 2.31. The molecule has 3 rings (SSSR count). The van der Waals surface area contributed by atoms with E-state index < -0.39 is 17.3 Å². The van der Waals surface area contributed by atoms with Crippen molar-refractivity contribution in [3.8, 4) is 0 Å². The summed E-state index contributed by atoms with van der Waals surface area (Å²) in [7, 11) is 0. The van der Waals surface area contributed by atoms with Crippen molar-refractivity contribution in [1.82, 2.24) is 10.0 Å². The second-order valence-corrected chi connectivity index (χ2v) is 7.02. The highest BCUT2D eigenvalue weighted by molar-refractivity contribution is 9.10. The van der Waals surface area contributed by atoms with Gasteiger partial charge in [-0.15, -0.1) is 4.68 Å². The smallest absolute Gasteiger partial charge is 0.434 e. The van der Waals surface area contributed by atoms with Crippen LogP contribution in [-0.4, -0.2) is 34.6 Å². The molecule has 2 aromatic carbocycles. The van der Waals surface area contributed by atoms with Crippen LogP contribution in [0.5, 0.6) is 0 Å². The molecule has 3 aromatic rings. The van der Waals surface area contributed by atoms with E-state index >= 15 is 0 Å². The van der Waals surface area contributed by atoms with Crippen molar-refractivity contribution in [3.63, 3.8) is 0 Å². The number of halogens is 2. The van der Waals surface area contributed by atoms with Crippen molar-refractivity contribution >= 4 is 33.9 Å². The maximum Gasteiger partial charge on any atom is 0.434 e. The lowest BCUT2D eigenvalue weighted by Crippen LogP contribution is -2.46. The lowest BCUT2D eigenvalue weighted by molar-refractivity contribution is -0.744. The minimum Gasteiger partial charge on any atom is -0.459 e. The van der Waals surface area contributed by atoms with Crippen molar-refractivity contribution in [2.75, 3.05) is 6.61 Å². The first-order valence-electron chi connectivity index (χ1n) is 8.89. The molecule has 0 bridgehead atoms. The van der Waals surface area contributed by atoms with E-state index in [9.17, 15) is 18.8 Å². The number of hydrogen-bond donors (Lipinski definition) is 1. The van der Waals surface area contributed by atoms with Crippen LogP contribution in [0.25, 0.3) is 0 Å². The number of nitrogens with zero attached hydrogens (tertiary/aromatic N) is 3. The van der Waals surface area contributed by atoms with E-state index in [4.69, 9.17) is 4.74 Å². The molecule has 0 atom stereocenters. The third-order valence-corrected chi connectivity index (χ3v) is 4.52. The molecule has 0 saturated carbocycles. The van der Waals surface area contributed by atoms with E-state index in [1.807, 2.05) is 0 Å². The van der Waals surface area contributed by atoms with E-state index in [-0.39, 0.29) is 24.6 Å². The number of rotatable bonds is 7. The quantitative estimate of drug-likeness (QED) is 0.245. The number of hydrogen-bond acceptors (Lipinski definition) is 5. The average Bonchev–Trinajstić information content (AvgIpc) is 3.02. The van der Waals surface area contributed by atoms with Crippen LogP contribution < -0.4 is 10.2 Å². The average molecular weight is 476 g/mol. The van der Waals surface area contributed by atoms with Gasteiger partial charge in [0.15, 0.2) is 6.54 Å². The molecule has 1 heterocycles. The minimum atomic E-state index is -0.887. The Morgan fingerprint density at radius 3 is 2.67 bits per heavy atom. The molecule has 0 saturated heterocycles. The largest absolute Gasteiger partial charge is 0.459 e. The van der Waals surface area contributed by atoms with Gasteiger partial charge in [-0.2, -0.15) is 0 Å². The van der Waals surface area contributed by atoms with Crippen LogP contribution in [0.1, 0.15) is 33.3 Å². The summed E-state index contributed by atoms with van der Waals surface area (Å²) in [5.74, 6) is -1.68. The standard InChI is InChI=1S/C20H16BrFN4O4/c1-2-30-20(29)18-19(28)26(23-11-13-4-3-5-16(22)10-13)24-25(18)12-17(27)14-6-8-15(21)9-7-14/h3-11H,2,12H2,1H3/p+1/b23-11-. The predicted molar refractivity (Wildman–Crippen MR) is 109 cm³/mol. The summed E-state index contributed by atoms with van der Waals surface area (Å²) in [4.78, 5) is 38.3. The number of nitrogens with one attached hydrogen (secondary N) is 1. The Morgan fingerprint density at radius 2 is 2.00 bits per heavy atom. The molecule has 0 aliphatic carbocycles. The summed E-state index contributed by atoms with van der Waals surface area (Å²) in [6.45, 7) is 1.34. The van der Waals surface area contributed by atoms with Gasteiger partial charge in [0.2, 0.25) is 5.78 Å². The molecular formula is C20H17BrFN4O4+. The van der Waals surface area contributed by atoms with Crippen LogP contribution in [-0.2, 0) is 11.3 Å². The van der Waals surface area contributed by atoms with Crippen molar-refractivity contribution in [1.29, 1.82) is 0 Å². The summed E-state index contributed by atoms with van der Waals surface area (Å²) in [5, 5.41) is 6.53. The normalized spacial score (nSPS) is 11.0. The lowest BCUT2D eigenvalue weighted by Gasteiger charge is -2.01. The molecule has 0 radical (unpaired) electrons. The maximum atomic E-state index is 13.3. The Balaban J connectivity index is 1.95. The third-order valence-electron chi connectivity index (χ3n) is 3.99. The zero-order valence-corrected chi connectivity index (χ0v) is 17.4. The van der Waals surface area contributed by atoms with E-state index in [0.29, 0.717) is 11.1 Å². The van der Waals surface area contributed by atoms with Crippen LogP contribution in [0.2, 0.25) is 0 Å². The summed E-state index contributed by atoms with van der Waals surface area (Å²) < 4.78 is 20.1. The van der Waals surface area contributed by atoms with Crippen LogP contribution in [0.15, 0.2) is 62.9 Å². The maximum absolute atomic E-state index is 13.3. The number of esters is 1. The van der Waals surface area contributed by atoms with Gasteiger partial charge in [0, 0.05) is 14.8 Å². The molecule has 0 unspecified atom stereocenters. The molecule has 0 spiro atoms. The van der Waals surface area contributed by atoms with E-state index in [1.165, 1.54) is 24.4 Å². The Hall–Kier alpha value is -3.40. The first-order valence-corrected chi connectivity index (χ1v) is 9.69. The molecule has 1 N–H and O–H groups in total. The highest BCUT2D eigenvalue weighted by Crippen LogP contribution is 2.11. The van der Waals surface area contributed by atoms with Gasteiger partial charge in [-0.05, 0) is 36.8 Å². The Labute approximate surface area is 178 Å². The number of aromatic nitrogens is 3. The summed E-state index contributed by atoms with van der Waals surface area (Å²) in [5.41, 5.74) is -0.368. The highest BCUT2D eigenvalue weighted by atomic mass is 79.9. The number of carbonyl (C=O) groups is 2. The Bertz CT molecular complexity index is 1170. The van der Waals surface area contributed by atoms with Gasteiger partial charge in [0.25, 0.3) is 0 Å². The lowest BCUT2D eigenvalue weighted by atomic mass is 10.1. The Morgan fingerprint density at radius 1 is 1.27 bits per heavy atom. The van der Waals surface area contributed by atoms with E-state index in [0.717, 1.165) is 13.9 Å². The zero-order valence-electron chi connectivity index (χ0n) is 15.8. The molecule has 154 valence electrons. The minimum absolute atomic E-state index is 0.0523. The number of carbonyl (C=O) groups excluding carboxylic acids is 2. The summed E-state index contributed by atoms with van der Waals surface area (Å²) in [6, 6.07) is 12.3. The number of ether oxygens (including phenoxy) is 1. The number of ketones is 1. The molecule has 0 amide bonds. The second-order valence-electron chi connectivity index (χ2n) is 6.10. The number of aromatic amines is 1. The molecule has 10 heteroatoms. The van der Waals surface area contributed by atoms with Crippen molar-refractivity contribution in [3.05, 3.63) is 86.0 Å². The van der Waals surface area contributed by atoms with Crippen molar-refractivity contribution in [2.24, 2.45) is 5.10 Å². The topological polar surface area (TPSA) is 97.4 Å². The fourth-order valence-electron chi connectivity index (χ4n) is 2.60. The van der Waals surface area contributed by atoms with Crippen LogP contribution in [0.4, 0.5) is 4.39 Å². The molecular weight excluding hydrogens is 459 g/mol. The van der Waals surface area contributed by atoms with Crippen LogP contribution in [0.3, 0.4) is 0 Å². The van der Waals surface area contributed by atoms with Gasteiger partial charge in [-0.1, -0.05) is 50.5 Å². The molecule has 0 fully saturated rings. The van der Waals surface area contributed by atoms with Gasteiger partial charge in [-0.25, -0.2) is 14.0 Å². The molecule has 8 nitrogen and oxygen atoms in total. The molecule has 0 aliphatic rings. The molecule has 1 aromatic heterocycles. The predicted octanol–water partition coefficient (Wildman–Crippen LogP) is 2.31. The number of benzene rings is 2. The number of H-pyrrole nitrogens is 1. The van der Waals surface area contributed by atoms with Crippen molar-refractivity contribution < 1.29 is 23.4 Å². The van der Waals surface area contributed by atoms with Gasteiger partial charge in [-0.3, -0.25) is 4.79 Å². The van der Waals surface area contributed by atoms with Crippen LogP contribution in [0, 0.1) is 5.82 Å². The fraction of sp³-hybridized carbons (Fsp3) is 0.150. The van der Waals surface area contributed by atoms with E-state index in [2.05, 4.69) is 26.2 Å². The van der Waals surface area contributed by atoms with Crippen molar-refractivity contribution in [2.45, 2.75) is 13.5 Å². The summed E-state index contributed by atoms with van der Waals surface area (Å²) in [6.07, 6.45) is 1.25. The second kappa shape index (κ2) is 9.40. The molecule has 30 heavy (non-hydrogen) atoms. The van der Waals surface area contributed by atoms with Crippen LogP contribution >= 0.6 is 15.9 Å². The van der Waals surface area contributed by atoms with Gasteiger partial charge in [0.1, 0.15) is 5.82 Å². The van der Waals surface area contributed by atoms with Gasteiger partial charge in [0.05, 0.1) is 12.8 Å². The monoisotopic (exact) mass is 475 g/mol. The number of Topliss-reactive ketones (excluding diaryl/α,β-unsaturated/α-hetero) is 1. The van der Waals surface area contributed by atoms with Gasteiger partial charge < -0.3 is 4.74 Å².